The fraction of sp³-hybridized carbons (Fsp3) is 0.462. The Kier molecular flexibility index (Phi) is 4.88. The van der Waals surface area contributed by atoms with Crippen molar-refractivity contribution in [3.05, 3.63) is 35.9 Å². The van der Waals surface area contributed by atoms with Crippen molar-refractivity contribution in [2.45, 2.75) is 26.7 Å². The van der Waals surface area contributed by atoms with Crippen LogP contribution < -0.4 is 5.32 Å². The second-order valence-electron chi connectivity index (χ2n) is 4.19. The van der Waals surface area contributed by atoms with Crippen LogP contribution >= 0.6 is 0 Å². The van der Waals surface area contributed by atoms with Gasteiger partial charge in [0.1, 0.15) is 0 Å². The lowest BCUT2D eigenvalue weighted by Gasteiger charge is -2.06. The highest BCUT2D eigenvalue weighted by molar-refractivity contribution is 5.78. The molecule has 1 rings (SSSR count). The summed E-state index contributed by atoms with van der Waals surface area (Å²) in [6.07, 6.45) is 1.53. The molecule has 1 aromatic carbocycles. The summed E-state index contributed by atoms with van der Waals surface area (Å²) in [5.41, 5.74) is 1.07. The standard InChI is InChI=1S/C13H19NO/c1-11(2)8-9-14-13(15)10-12-6-4-3-5-7-12/h3-7,11H,8-10H2,1-2H3,(H,14,15). The van der Waals surface area contributed by atoms with Crippen molar-refractivity contribution in [3.8, 4) is 0 Å². The average molecular weight is 205 g/mol. The zero-order valence-corrected chi connectivity index (χ0v) is 9.49. The third-order valence-electron chi connectivity index (χ3n) is 2.25. The molecular formula is C13H19NO. The van der Waals surface area contributed by atoms with Gasteiger partial charge in [-0.3, -0.25) is 4.79 Å². The fourth-order valence-electron chi connectivity index (χ4n) is 1.34. The van der Waals surface area contributed by atoms with Gasteiger partial charge < -0.3 is 5.32 Å². The molecule has 0 radical (unpaired) electrons. The molecule has 82 valence electrons. The summed E-state index contributed by atoms with van der Waals surface area (Å²) in [6.45, 7) is 5.09. The molecule has 0 heterocycles. The van der Waals surface area contributed by atoms with E-state index in [0.717, 1.165) is 18.5 Å². The summed E-state index contributed by atoms with van der Waals surface area (Å²) in [5, 5.41) is 2.92. The van der Waals surface area contributed by atoms with E-state index in [1.165, 1.54) is 0 Å². The van der Waals surface area contributed by atoms with Crippen LogP contribution in [-0.4, -0.2) is 12.5 Å². The second-order valence-corrected chi connectivity index (χ2v) is 4.19. The van der Waals surface area contributed by atoms with Gasteiger partial charge in [0.05, 0.1) is 6.42 Å². The van der Waals surface area contributed by atoms with Gasteiger partial charge in [0.15, 0.2) is 0 Å². The van der Waals surface area contributed by atoms with Gasteiger partial charge in [-0.05, 0) is 17.9 Å². The van der Waals surface area contributed by atoms with E-state index in [4.69, 9.17) is 0 Å². The van der Waals surface area contributed by atoms with Crippen molar-refractivity contribution in [3.63, 3.8) is 0 Å². The van der Waals surface area contributed by atoms with Crippen LogP contribution in [0.3, 0.4) is 0 Å². The predicted octanol–water partition coefficient (Wildman–Crippen LogP) is 2.39. The molecule has 15 heavy (non-hydrogen) atoms. The molecule has 0 fully saturated rings. The first kappa shape index (κ1) is 11.8. The minimum absolute atomic E-state index is 0.113. The Balaban J connectivity index is 2.25. The van der Waals surface area contributed by atoms with Gasteiger partial charge >= 0.3 is 0 Å². The van der Waals surface area contributed by atoms with E-state index in [0.29, 0.717) is 12.3 Å². The monoisotopic (exact) mass is 205 g/mol. The molecule has 0 saturated carbocycles. The van der Waals surface area contributed by atoms with Gasteiger partial charge in [-0.2, -0.15) is 0 Å². The number of benzene rings is 1. The maximum atomic E-state index is 11.5. The van der Waals surface area contributed by atoms with Crippen LogP contribution in [0.15, 0.2) is 30.3 Å². The van der Waals surface area contributed by atoms with Crippen LogP contribution in [-0.2, 0) is 11.2 Å². The van der Waals surface area contributed by atoms with E-state index in [2.05, 4.69) is 19.2 Å². The van der Waals surface area contributed by atoms with Crippen molar-refractivity contribution >= 4 is 5.91 Å². The maximum absolute atomic E-state index is 11.5. The van der Waals surface area contributed by atoms with E-state index >= 15 is 0 Å². The first-order chi connectivity index (χ1) is 7.18. The van der Waals surface area contributed by atoms with Crippen molar-refractivity contribution in [2.75, 3.05) is 6.54 Å². The minimum Gasteiger partial charge on any atom is -0.356 e. The van der Waals surface area contributed by atoms with Gasteiger partial charge in [-0.1, -0.05) is 44.2 Å². The summed E-state index contributed by atoms with van der Waals surface area (Å²) < 4.78 is 0. The summed E-state index contributed by atoms with van der Waals surface area (Å²) in [6, 6.07) is 9.82. The number of carbonyl (C=O) groups is 1. The highest BCUT2D eigenvalue weighted by Gasteiger charge is 2.02. The SMILES string of the molecule is CC(C)CCNC(=O)Cc1ccccc1. The zero-order valence-electron chi connectivity index (χ0n) is 9.49. The summed E-state index contributed by atoms with van der Waals surface area (Å²) in [7, 11) is 0. The number of rotatable bonds is 5. The molecule has 0 saturated heterocycles. The van der Waals surface area contributed by atoms with Crippen LogP contribution in [0.1, 0.15) is 25.8 Å². The first-order valence-electron chi connectivity index (χ1n) is 5.49. The summed E-state index contributed by atoms with van der Waals surface area (Å²) >= 11 is 0. The first-order valence-corrected chi connectivity index (χ1v) is 5.49. The van der Waals surface area contributed by atoms with Crippen molar-refractivity contribution in [1.82, 2.24) is 5.32 Å². The Bertz CT molecular complexity index is 293. The molecule has 0 aliphatic heterocycles. The topological polar surface area (TPSA) is 29.1 Å². The molecule has 0 bridgehead atoms. The Labute approximate surface area is 91.7 Å². The quantitative estimate of drug-likeness (QED) is 0.785. The van der Waals surface area contributed by atoms with Gasteiger partial charge in [-0.15, -0.1) is 0 Å². The largest absolute Gasteiger partial charge is 0.356 e. The number of hydrogen-bond acceptors (Lipinski definition) is 1. The third kappa shape index (κ3) is 5.21. The molecule has 1 N–H and O–H groups in total. The van der Waals surface area contributed by atoms with E-state index in [9.17, 15) is 4.79 Å². The molecule has 0 aliphatic carbocycles. The highest BCUT2D eigenvalue weighted by Crippen LogP contribution is 2.00. The van der Waals surface area contributed by atoms with Crippen LogP contribution in [0.4, 0.5) is 0 Å². The lowest BCUT2D eigenvalue weighted by atomic mass is 10.1. The van der Waals surface area contributed by atoms with Crippen LogP contribution in [0, 0.1) is 5.92 Å². The highest BCUT2D eigenvalue weighted by atomic mass is 16.1. The number of carbonyl (C=O) groups excluding carboxylic acids is 1. The van der Waals surface area contributed by atoms with Gasteiger partial charge in [0.2, 0.25) is 5.91 Å². The van der Waals surface area contributed by atoms with Crippen molar-refractivity contribution in [1.29, 1.82) is 0 Å². The van der Waals surface area contributed by atoms with Crippen molar-refractivity contribution < 1.29 is 4.79 Å². The molecule has 0 aliphatic rings. The molecule has 0 spiro atoms. The summed E-state index contributed by atoms with van der Waals surface area (Å²) in [4.78, 5) is 11.5. The average Bonchev–Trinajstić information content (AvgIpc) is 2.18. The van der Waals surface area contributed by atoms with Crippen molar-refractivity contribution in [2.24, 2.45) is 5.92 Å². The van der Waals surface area contributed by atoms with Gasteiger partial charge in [0, 0.05) is 6.54 Å². The minimum atomic E-state index is 0.113. The number of amides is 1. The van der Waals surface area contributed by atoms with Crippen LogP contribution in [0.5, 0.6) is 0 Å². The number of hydrogen-bond donors (Lipinski definition) is 1. The fourth-order valence-corrected chi connectivity index (χ4v) is 1.34. The Morgan fingerprint density at radius 1 is 1.27 bits per heavy atom. The van der Waals surface area contributed by atoms with E-state index in [1.807, 2.05) is 30.3 Å². The molecular weight excluding hydrogens is 186 g/mol. The number of nitrogens with one attached hydrogen (secondary N) is 1. The Morgan fingerprint density at radius 2 is 1.93 bits per heavy atom. The third-order valence-corrected chi connectivity index (χ3v) is 2.25. The lowest BCUT2D eigenvalue weighted by Crippen LogP contribution is -2.26. The Hall–Kier alpha value is -1.31. The molecule has 1 aromatic rings. The van der Waals surface area contributed by atoms with Crippen LogP contribution in [0.2, 0.25) is 0 Å². The molecule has 2 heteroatoms. The zero-order chi connectivity index (χ0) is 11.1. The van der Waals surface area contributed by atoms with Crippen LogP contribution in [0.25, 0.3) is 0 Å². The van der Waals surface area contributed by atoms with E-state index in [-0.39, 0.29) is 5.91 Å². The molecule has 2 nitrogen and oxygen atoms in total. The molecule has 0 aromatic heterocycles. The predicted molar refractivity (Wildman–Crippen MR) is 62.6 cm³/mol. The van der Waals surface area contributed by atoms with Gasteiger partial charge in [-0.25, -0.2) is 0 Å². The Morgan fingerprint density at radius 3 is 2.53 bits per heavy atom. The maximum Gasteiger partial charge on any atom is 0.224 e. The second kappa shape index (κ2) is 6.23. The molecule has 1 amide bonds. The lowest BCUT2D eigenvalue weighted by molar-refractivity contribution is -0.120. The summed E-state index contributed by atoms with van der Waals surface area (Å²) in [5.74, 6) is 0.754. The molecule has 0 atom stereocenters. The van der Waals surface area contributed by atoms with Gasteiger partial charge in [0.25, 0.3) is 0 Å². The normalized spacial score (nSPS) is 10.3. The molecule has 0 unspecified atom stereocenters. The smallest absolute Gasteiger partial charge is 0.224 e. The van der Waals surface area contributed by atoms with E-state index < -0.39 is 0 Å². The van der Waals surface area contributed by atoms with E-state index in [1.54, 1.807) is 0 Å².